The van der Waals surface area contributed by atoms with Gasteiger partial charge in [0.2, 0.25) is 0 Å². The number of rotatable bonds is 7. The molecular formula is C26H22BrClN2O3S. The molecule has 1 heterocycles. The minimum Gasteiger partial charge on any atom is -0.490 e. The Morgan fingerprint density at radius 1 is 1.09 bits per heavy atom. The molecule has 4 rings (SSSR count). The normalized spacial score (nSPS) is 15.6. The van der Waals surface area contributed by atoms with Crippen molar-refractivity contribution >= 4 is 62.1 Å². The number of carbonyl (C=O) groups is 1. The zero-order chi connectivity index (χ0) is 24.1. The first-order valence-corrected chi connectivity index (χ1v) is 12.6. The molecule has 0 bridgehead atoms. The summed E-state index contributed by atoms with van der Waals surface area (Å²) in [4.78, 5) is 17.6. The minimum absolute atomic E-state index is 0.197. The predicted molar refractivity (Wildman–Crippen MR) is 143 cm³/mol. The molecule has 0 spiro atoms. The highest BCUT2D eigenvalue weighted by Gasteiger charge is 2.24. The van der Waals surface area contributed by atoms with E-state index in [1.54, 1.807) is 0 Å². The fraction of sp³-hybridized carbons (Fsp3) is 0.154. The highest BCUT2D eigenvalue weighted by Crippen LogP contribution is 2.34. The molecule has 1 aliphatic heterocycles. The highest BCUT2D eigenvalue weighted by atomic mass is 79.9. The van der Waals surface area contributed by atoms with Crippen LogP contribution in [-0.2, 0) is 11.4 Å². The topological polar surface area (TPSA) is 59.9 Å². The van der Waals surface area contributed by atoms with Crippen LogP contribution in [0.5, 0.6) is 11.5 Å². The third kappa shape index (κ3) is 6.03. The summed E-state index contributed by atoms with van der Waals surface area (Å²) in [6.07, 6.45) is 1.81. The van der Waals surface area contributed by atoms with Crippen LogP contribution in [0.25, 0.3) is 6.08 Å². The van der Waals surface area contributed by atoms with E-state index in [0.717, 1.165) is 26.9 Å². The Balaban J connectivity index is 1.52. The summed E-state index contributed by atoms with van der Waals surface area (Å²) >= 11 is 10.9. The van der Waals surface area contributed by atoms with E-state index in [1.807, 2.05) is 80.6 Å². The lowest BCUT2D eigenvalue weighted by Gasteiger charge is -2.13. The summed E-state index contributed by atoms with van der Waals surface area (Å²) in [5, 5.41) is 3.97. The number of halogens is 2. The molecule has 0 atom stereocenters. The molecule has 1 saturated heterocycles. The van der Waals surface area contributed by atoms with Gasteiger partial charge < -0.3 is 14.8 Å². The second-order valence-corrected chi connectivity index (χ2v) is 9.77. The lowest BCUT2D eigenvalue weighted by molar-refractivity contribution is -0.115. The van der Waals surface area contributed by atoms with Crippen LogP contribution >= 0.6 is 39.3 Å². The van der Waals surface area contributed by atoms with Gasteiger partial charge in [-0.1, -0.05) is 51.8 Å². The molecule has 0 radical (unpaired) electrons. The SMILES string of the molecule is CCOc1cc(/C=C2/SC(=Nc3cccc(Cl)c3C)NC2=O)ccc1OCc1ccc(Br)cc1. The van der Waals surface area contributed by atoms with Gasteiger partial charge in [-0.15, -0.1) is 0 Å². The Labute approximate surface area is 216 Å². The van der Waals surface area contributed by atoms with E-state index in [2.05, 4.69) is 26.2 Å². The van der Waals surface area contributed by atoms with Crippen molar-refractivity contribution in [2.24, 2.45) is 4.99 Å². The molecule has 1 fully saturated rings. The van der Waals surface area contributed by atoms with E-state index in [1.165, 1.54) is 11.8 Å². The molecule has 1 N–H and O–H groups in total. The van der Waals surface area contributed by atoms with Crippen molar-refractivity contribution in [1.29, 1.82) is 0 Å². The van der Waals surface area contributed by atoms with Crippen molar-refractivity contribution in [3.05, 3.63) is 91.8 Å². The van der Waals surface area contributed by atoms with Crippen molar-refractivity contribution in [3.63, 3.8) is 0 Å². The minimum atomic E-state index is -0.197. The number of hydrogen-bond donors (Lipinski definition) is 1. The first kappa shape index (κ1) is 24.4. The maximum Gasteiger partial charge on any atom is 0.264 e. The van der Waals surface area contributed by atoms with E-state index >= 15 is 0 Å². The molecule has 1 amide bonds. The van der Waals surface area contributed by atoms with Gasteiger partial charge in [-0.2, -0.15) is 0 Å². The van der Waals surface area contributed by atoms with E-state index in [-0.39, 0.29) is 5.91 Å². The first-order valence-electron chi connectivity index (χ1n) is 10.6. The second kappa shape index (κ2) is 11.1. The number of benzene rings is 3. The summed E-state index contributed by atoms with van der Waals surface area (Å²) in [7, 11) is 0. The fourth-order valence-electron chi connectivity index (χ4n) is 3.20. The van der Waals surface area contributed by atoms with E-state index in [4.69, 9.17) is 21.1 Å². The Hall–Kier alpha value is -2.74. The van der Waals surface area contributed by atoms with Crippen LogP contribution in [0, 0.1) is 6.92 Å². The number of hydrogen-bond acceptors (Lipinski definition) is 5. The lowest BCUT2D eigenvalue weighted by atomic mass is 10.2. The quantitative estimate of drug-likeness (QED) is 0.310. The molecule has 3 aromatic carbocycles. The number of thioether (sulfide) groups is 1. The maximum atomic E-state index is 12.5. The summed E-state index contributed by atoms with van der Waals surface area (Å²) in [6, 6.07) is 19.1. The van der Waals surface area contributed by atoms with Gasteiger partial charge >= 0.3 is 0 Å². The highest BCUT2D eigenvalue weighted by molar-refractivity contribution is 9.10. The van der Waals surface area contributed by atoms with Gasteiger partial charge in [-0.25, -0.2) is 4.99 Å². The van der Waals surface area contributed by atoms with Gasteiger partial charge in [0.15, 0.2) is 16.7 Å². The molecule has 5 nitrogen and oxygen atoms in total. The smallest absolute Gasteiger partial charge is 0.264 e. The third-order valence-electron chi connectivity index (χ3n) is 4.98. The Morgan fingerprint density at radius 2 is 1.88 bits per heavy atom. The van der Waals surface area contributed by atoms with E-state index in [0.29, 0.717) is 39.8 Å². The molecule has 174 valence electrons. The number of nitrogens with zero attached hydrogens (tertiary/aromatic N) is 1. The fourth-order valence-corrected chi connectivity index (χ4v) is 4.47. The van der Waals surface area contributed by atoms with Crippen molar-refractivity contribution in [1.82, 2.24) is 5.32 Å². The number of aliphatic imine (C=N–C) groups is 1. The molecule has 1 aliphatic rings. The number of nitrogens with one attached hydrogen (secondary N) is 1. The van der Waals surface area contributed by atoms with Gasteiger partial charge in [0.1, 0.15) is 6.61 Å². The Bertz CT molecular complexity index is 1280. The van der Waals surface area contributed by atoms with Crippen LogP contribution in [-0.4, -0.2) is 17.7 Å². The number of amidine groups is 1. The van der Waals surface area contributed by atoms with Crippen LogP contribution in [0.3, 0.4) is 0 Å². The van der Waals surface area contributed by atoms with Crippen LogP contribution in [0.2, 0.25) is 5.02 Å². The molecular weight excluding hydrogens is 536 g/mol. The first-order chi connectivity index (χ1) is 16.4. The predicted octanol–water partition coefficient (Wildman–Crippen LogP) is 7.28. The second-order valence-electron chi connectivity index (χ2n) is 7.42. The summed E-state index contributed by atoms with van der Waals surface area (Å²) in [6.45, 7) is 4.74. The molecule has 34 heavy (non-hydrogen) atoms. The summed E-state index contributed by atoms with van der Waals surface area (Å²) in [5.41, 5.74) is 3.47. The van der Waals surface area contributed by atoms with E-state index < -0.39 is 0 Å². The van der Waals surface area contributed by atoms with Gasteiger partial charge in [0.05, 0.1) is 17.2 Å². The van der Waals surface area contributed by atoms with Gasteiger partial charge in [-0.05, 0) is 84.8 Å². The van der Waals surface area contributed by atoms with Crippen LogP contribution in [0.4, 0.5) is 5.69 Å². The zero-order valence-electron chi connectivity index (χ0n) is 18.6. The Morgan fingerprint density at radius 3 is 2.65 bits per heavy atom. The molecule has 0 saturated carbocycles. The molecule has 8 heteroatoms. The van der Waals surface area contributed by atoms with Crippen molar-refractivity contribution < 1.29 is 14.3 Å². The molecule has 3 aromatic rings. The summed E-state index contributed by atoms with van der Waals surface area (Å²) < 4.78 is 12.8. The zero-order valence-corrected chi connectivity index (χ0v) is 21.8. The maximum absolute atomic E-state index is 12.5. The van der Waals surface area contributed by atoms with Crippen LogP contribution < -0.4 is 14.8 Å². The largest absolute Gasteiger partial charge is 0.490 e. The van der Waals surface area contributed by atoms with Crippen molar-refractivity contribution in [2.45, 2.75) is 20.5 Å². The van der Waals surface area contributed by atoms with Crippen LogP contribution in [0.15, 0.2) is 75.0 Å². The average molecular weight is 558 g/mol. The van der Waals surface area contributed by atoms with E-state index in [9.17, 15) is 4.79 Å². The lowest BCUT2D eigenvalue weighted by Crippen LogP contribution is -2.19. The summed E-state index contributed by atoms with van der Waals surface area (Å²) in [5.74, 6) is 1.08. The Kier molecular flexibility index (Phi) is 7.98. The van der Waals surface area contributed by atoms with Crippen molar-refractivity contribution in [3.8, 4) is 11.5 Å². The molecule has 0 aliphatic carbocycles. The number of amides is 1. The van der Waals surface area contributed by atoms with Crippen LogP contribution in [0.1, 0.15) is 23.6 Å². The number of ether oxygens (including phenoxy) is 2. The number of carbonyl (C=O) groups excluding carboxylic acids is 1. The van der Waals surface area contributed by atoms with Gasteiger partial charge in [0, 0.05) is 9.50 Å². The van der Waals surface area contributed by atoms with Gasteiger partial charge in [-0.3, -0.25) is 4.79 Å². The average Bonchev–Trinajstić information content (AvgIpc) is 3.16. The van der Waals surface area contributed by atoms with Gasteiger partial charge in [0.25, 0.3) is 5.91 Å². The molecule has 0 unspecified atom stereocenters. The third-order valence-corrected chi connectivity index (χ3v) is 6.83. The molecule has 0 aromatic heterocycles. The monoisotopic (exact) mass is 556 g/mol. The standard InChI is InChI=1S/C26H22BrClN2O3S/c1-3-32-23-13-18(9-12-22(23)33-15-17-7-10-19(27)11-8-17)14-24-25(31)30-26(34-24)29-21-6-4-5-20(28)16(21)2/h4-14H,3,15H2,1-2H3,(H,29,30,31)/b24-14+. The van der Waals surface area contributed by atoms with Crippen molar-refractivity contribution in [2.75, 3.05) is 6.61 Å².